The zero-order chi connectivity index (χ0) is 8.53. The van der Waals surface area contributed by atoms with E-state index in [2.05, 4.69) is 11.9 Å². The summed E-state index contributed by atoms with van der Waals surface area (Å²) in [6.07, 6.45) is 2.58. The van der Waals surface area contributed by atoms with E-state index in [-0.39, 0.29) is 5.97 Å². The van der Waals surface area contributed by atoms with Crippen molar-refractivity contribution in [3.05, 3.63) is 12.7 Å². The van der Waals surface area contributed by atoms with E-state index in [0.717, 1.165) is 13.0 Å². The third kappa shape index (κ3) is 7.06. The zero-order valence-corrected chi connectivity index (χ0v) is 6.93. The average Bonchev–Trinajstić information content (AvgIpc) is 2.01. The highest BCUT2D eigenvalue weighted by molar-refractivity contribution is 5.71. The monoisotopic (exact) mass is 157 g/mol. The number of esters is 1. The third-order valence-corrected chi connectivity index (χ3v) is 1.06. The molecule has 0 heterocycles. The lowest BCUT2D eigenvalue weighted by molar-refractivity contribution is -0.141. The van der Waals surface area contributed by atoms with Gasteiger partial charge in [0.1, 0.15) is 6.61 Å². The van der Waals surface area contributed by atoms with Gasteiger partial charge in [-0.05, 0) is 13.0 Å². The van der Waals surface area contributed by atoms with Crippen LogP contribution in [-0.4, -0.2) is 25.7 Å². The Morgan fingerprint density at radius 1 is 1.73 bits per heavy atom. The van der Waals surface area contributed by atoms with E-state index in [1.165, 1.54) is 0 Å². The molecule has 0 bridgehead atoms. The first-order chi connectivity index (χ1) is 5.31. The maximum atomic E-state index is 10.7. The van der Waals surface area contributed by atoms with E-state index in [9.17, 15) is 4.79 Å². The van der Waals surface area contributed by atoms with Gasteiger partial charge < -0.3 is 10.1 Å². The van der Waals surface area contributed by atoms with Gasteiger partial charge in [-0.25, -0.2) is 0 Å². The highest BCUT2D eigenvalue weighted by Gasteiger charge is 1.97. The fraction of sp³-hybridized carbons (Fsp3) is 0.625. The zero-order valence-electron chi connectivity index (χ0n) is 6.93. The van der Waals surface area contributed by atoms with Crippen LogP contribution >= 0.6 is 0 Å². The molecular formula is C8H15NO2. The third-order valence-electron chi connectivity index (χ3n) is 1.06. The second-order valence-corrected chi connectivity index (χ2v) is 2.15. The van der Waals surface area contributed by atoms with Crippen molar-refractivity contribution in [2.24, 2.45) is 0 Å². The maximum absolute atomic E-state index is 10.7. The molecule has 1 N–H and O–H groups in total. The van der Waals surface area contributed by atoms with Crippen LogP contribution in [0.4, 0.5) is 0 Å². The van der Waals surface area contributed by atoms with Gasteiger partial charge in [0.05, 0.1) is 6.54 Å². The van der Waals surface area contributed by atoms with Crippen LogP contribution in [0.25, 0.3) is 0 Å². The Labute approximate surface area is 67.4 Å². The standard InChI is InChI=1S/C8H15NO2/c1-3-5-9-7-8(10)11-6-4-2/h4,9H,2-3,5-7H2,1H3. The lowest BCUT2D eigenvalue weighted by Gasteiger charge is -2.01. The Bertz CT molecular complexity index is 123. The quantitative estimate of drug-likeness (QED) is 0.350. The summed E-state index contributed by atoms with van der Waals surface area (Å²) in [7, 11) is 0. The minimum absolute atomic E-state index is 0.224. The molecule has 0 atom stereocenters. The Morgan fingerprint density at radius 2 is 2.45 bits per heavy atom. The van der Waals surface area contributed by atoms with Gasteiger partial charge in [0.25, 0.3) is 0 Å². The molecule has 0 aliphatic rings. The van der Waals surface area contributed by atoms with E-state index in [4.69, 9.17) is 4.74 Å². The molecule has 11 heavy (non-hydrogen) atoms. The van der Waals surface area contributed by atoms with Crippen LogP contribution in [0.2, 0.25) is 0 Å². The number of ether oxygens (including phenoxy) is 1. The lowest BCUT2D eigenvalue weighted by Crippen LogP contribution is -2.25. The van der Waals surface area contributed by atoms with Crippen molar-refractivity contribution < 1.29 is 9.53 Å². The molecule has 0 aromatic carbocycles. The summed E-state index contributed by atoms with van der Waals surface area (Å²) >= 11 is 0. The van der Waals surface area contributed by atoms with Crippen LogP contribution in [-0.2, 0) is 9.53 Å². The molecule has 3 nitrogen and oxygen atoms in total. The molecule has 0 amide bonds. The largest absolute Gasteiger partial charge is 0.461 e. The van der Waals surface area contributed by atoms with E-state index in [1.54, 1.807) is 6.08 Å². The molecule has 0 saturated carbocycles. The van der Waals surface area contributed by atoms with Crippen molar-refractivity contribution in [1.82, 2.24) is 5.32 Å². The molecule has 0 rings (SSSR count). The summed E-state index contributed by atoms with van der Waals surface area (Å²) in [6, 6.07) is 0. The van der Waals surface area contributed by atoms with Crippen molar-refractivity contribution in [2.45, 2.75) is 13.3 Å². The summed E-state index contributed by atoms with van der Waals surface area (Å²) in [5.41, 5.74) is 0. The maximum Gasteiger partial charge on any atom is 0.320 e. The highest BCUT2D eigenvalue weighted by atomic mass is 16.5. The van der Waals surface area contributed by atoms with Crippen LogP contribution in [0.3, 0.4) is 0 Å². The van der Waals surface area contributed by atoms with Gasteiger partial charge in [-0.2, -0.15) is 0 Å². The molecule has 0 aromatic rings. The second-order valence-electron chi connectivity index (χ2n) is 2.15. The van der Waals surface area contributed by atoms with Gasteiger partial charge in [0, 0.05) is 0 Å². The van der Waals surface area contributed by atoms with E-state index in [1.807, 2.05) is 6.92 Å². The fourth-order valence-corrected chi connectivity index (χ4v) is 0.570. The van der Waals surface area contributed by atoms with Crippen molar-refractivity contribution in [3.63, 3.8) is 0 Å². The van der Waals surface area contributed by atoms with Crippen molar-refractivity contribution in [1.29, 1.82) is 0 Å². The minimum Gasteiger partial charge on any atom is -0.461 e. The predicted octanol–water partition coefficient (Wildman–Crippen LogP) is 0.715. The van der Waals surface area contributed by atoms with Crippen LogP contribution in [0, 0.1) is 0 Å². The Kier molecular flexibility index (Phi) is 6.73. The normalized spacial score (nSPS) is 9.18. The highest BCUT2D eigenvalue weighted by Crippen LogP contribution is 1.77. The first-order valence-corrected chi connectivity index (χ1v) is 3.78. The molecule has 0 spiro atoms. The molecule has 0 aliphatic carbocycles. The summed E-state index contributed by atoms with van der Waals surface area (Å²) in [6.45, 7) is 6.92. The van der Waals surface area contributed by atoms with Crippen molar-refractivity contribution in [2.75, 3.05) is 19.7 Å². The first kappa shape index (κ1) is 10.2. The van der Waals surface area contributed by atoms with Gasteiger partial charge in [-0.15, -0.1) is 0 Å². The van der Waals surface area contributed by atoms with Crippen LogP contribution in [0.5, 0.6) is 0 Å². The number of carbonyl (C=O) groups is 1. The van der Waals surface area contributed by atoms with Crippen molar-refractivity contribution in [3.8, 4) is 0 Å². The lowest BCUT2D eigenvalue weighted by atomic mass is 10.5. The number of carbonyl (C=O) groups excluding carboxylic acids is 1. The molecule has 0 saturated heterocycles. The topological polar surface area (TPSA) is 38.3 Å². The Balaban J connectivity index is 3.15. The molecule has 0 aliphatic heterocycles. The first-order valence-electron chi connectivity index (χ1n) is 3.78. The number of rotatable bonds is 6. The van der Waals surface area contributed by atoms with Gasteiger partial charge in [-0.3, -0.25) is 4.79 Å². The van der Waals surface area contributed by atoms with Crippen LogP contribution in [0.1, 0.15) is 13.3 Å². The summed E-state index contributed by atoms with van der Waals surface area (Å²) in [5.74, 6) is -0.224. The van der Waals surface area contributed by atoms with Gasteiger partial charge >= 0.3 is 5.97 Å². The fourth-order valence-electron chi connectivity index (χ4n) is 0.570. The molecule has 3 heteroatoms. The summed E-state index contributed by atoms with van der Waals surface area (Å²) in [5, 5.41) is 2.93. The molecule has 0 unspecified atom stereocenters. The summed E-state index contributed by atoms with van der Waals surface area (Å²) < 4.78 is 4.72. The minimum atomic E-state index is -0.224. The smallest absolute Gasteiger partial charge is 0.320 e. The van der Waals surface area contributed by atoms with Crippen LogP contribution in [0.15, 0.2) is 12.7 Å². The molecule has 0 radical (unpaired) electrons. The SMILES string of the molecule is C=CCOC(=O)CNCCC. The van der Waals surface area contributed by atoms with E-state index < -0.39 is 0 Å². The molecular weight excluding hydrogens is 142 g/mol. The number of hydrogen-bond acceptors (Lipinski definition) is 3. The number of hydrogen-bond donors (Lipinski definition) is 1. The molecule has 64 valence electrons. The Hall–Kier alpha value is -0.830. The average molecular weight is 157 g/mol. The van der Waals surface area contributed by atoms with Crippen molar-refractivity contribution >= 4 is 5.97 Å². The van der Waals surface area contributed by atoms with Gasteiger partial charge in [0.15, 0.2) is 0 Å². The second kappa shape index (κ2) is 7.28. The van der Waals surface area contributed by atoms with E-state index in [0.29, 0.717) is 13.2 Å². The van der Waals surface area contributed by atoms with Gasteiger partial charge in [-0.1, -0.05) is 19.6 Å². The predicted molar refractivity (Wildman–Crippen MR) is 44.3 cm³/mol. The molecule has 0 aromatic heterocycles. The molecule has 0 fully saturated rings. The van der Waals surface area contributed by atoms with Gasteiger partial charge in [0.2, 0.25) is 0 Å². The van der Waals surface area contributed by atoms with Crippen LogP contribution < -0.4 is 5.32 Å². The number of nitrogens with one attached hydrogen (secondary N) is 1. The Morgan fingerprint density at radius 3 is 3.00 bits per heavy atom. The summed E-state index contributed by atoms with van der Waals surface area (Å²) in [4.78, 5) is 10.7. The van der Waals surface area contributed by atoms with E-state index >= 15 is 0 Å².